The molecule has 5 heteroatoms. The number of nitrogens with zero attached hydrogens (tertiary/aromatic N) is 2. The second kappa shape index (κ2) is 4.92. The quantitative estimate of drug-likeness (QED) is 0.821. The van der Waals surface area contributed by atoms with Crippen LogP contribution in [-0.4, -0.2) is 21.6 Å². The van der Waals surface area contributed by atoms with Crippen LogP contribution < -0.4 is 10.6 Å². The van der Waals surface area contributed by atoms with Crippen molar-refractivity contribution in [3.63, 3.8) is 0 Å². The Morgan fingerprint density at radius 2 is 1.81 bits per heavy atom. The van der Waals surface area contributed by atoms with Crippen molar-refractivity contribution in [2.24, 2.45) is 0 Å². The molecule has 0 fully saturated rings. The number of rotatable bonds is 3. The highest BCUT2D eigenvalue weighted by Crippen LogP contribution is 2.12. The lowest BCUT2D eigenvalue weighted by molar-refractivity contribution is -0.115. The van der Waals surface area contributed by atoms with E-state index in [4.69, 9.17) is 0 Å². The minimum atomic E-state index is -0.0640. The molecule has 1 aromatic rings. The van der Waals surface area contributed by atoms with Crippen molar-refractivity contribution < 1.29 is 4.79 Å². The summed E-state index contributed by atoms with van der Waals surface area (Å²) in [6.07, 6.45) is 0.434. The minimum Gasteiger partial charge on any atom is -0.364 e. The van der Waals surface area contributed by atoms with Crippen molar-refractivity contribution >= 4 is 17.5 Å². The predicted molar refractivity (Wildman–Crippen MR) is 64.3 cm³/mol. The molecule has 16 heavy (non-hydrogen) atoms. The molecule has 1 rings (SSSR count). The maximum Gasteiger partial charge on any atom is 0.225 e. The first-order chi connectivity index (χ1) is 7.40. The molecule has 88 valence electrons. The highest BCUT2D eigenvalue weighted by Gasteiger charge is 2.10. The van der Waals surface area contributed by atoms with Gasteiger partial charge in [0.15, 0.2) is 5.82 Å². The molecule has 0 unspecified atom stereocenters. The van der Waals surface area contributed by atoms with Gasteiger partial charge in [-0.2, -0.15) is 0 Å². The van der Waals surface area contributed by atoms with Gasteiger partial charge in [-0.05, 0) is 32.9 Å². The summed E-state index contributed by atoms with van der Waals surface area (Å²) in [4.78, 5) is 11.1. The third-order valence-electron chi connectivity index (χ3n) is 1.76. The van der Waals surface area contributed by atoms with Crippen molar-refractivity contribution in [2.45, 2.75) is 39.7 Å². The molecule has 0 saturated carbocycles. The molecular formula is C11H18N4O. The maximum absolute atomic E-state index is 11.1. The molecule has 5 nitrogen and oxygen atoms in total. The summed E-state index contributed by atoms with van der Waals surface area (Å²) in [5, 5.41) is 13.7. The molecule has 1 amide bonds. The van der Waals surface area contributed by atoms with Crippen LogP contribution in [0.1, 0.15) is 34.1 Å². The SMILES string of the molecule is CCC(=O)Nc1ccc(NC(C)(C)C)nn1. The molecule has 0 aliphatic carbocycles. The van der Waals surface area contributed by atoms with Gasteiger partial charge >= 0.3 is 0 Å². The van der Waals surface area contributed by atoms with Gasteiger partial charge in [-0.15, -0.1) is 10.2 Å². The fourth-order valence-corrected chi connectivity index (χ4v) is 1.08. The van der Waals surface area contributed by atoms with Gasteiger partial charge in [0.25, 0.3) is 0 Å². The van der Waals surface area contributed by atoms with Crippen LogP contribution in [0.25, 0.3) is 0 Å². The van der Waals surface area contributed by atoms with Crippen LogP contribution in [0.2, 0.25) is 0 Å². The van der Waals surface area contributed by atoms with Gasteiger partial charge in [0.1, 0.15) is 5.82 Å². The Kier molecular flexibility index (Phi) is 3.82. The van der Waals surface area contributed by atoms with E-state index in [1.807, 2.05) is 20.8 Å². The van der Waals surface area contributed by atoms with E-state index in [1.54, 1.807) is 19.1 Å². The third kappa shape index (κ3) is 4.25. The maximum atomic E-state index is 11.1. The third-order valence-corrected chi connectivity index (χ3v) is 1.76. The zero-order valence-corrected chi connectivity index (χ0v) is 10.2. The summed E-state index contributed by atoms with van der Waals surface area (Å²) < 4.78 is 0. The Bertz CT molecular complexity index is 353. The number of hydrogen-bond donors (Lipinski definition) is 2. The number of anilines is 2. The first-order valence-corrected chi connectivity index (χ1v) is 5.32. The molecule has 1 heterocycles. The molecule has 2 N–H and O–H groups in total. The summed E-state index contributed by atoms with van der Waals surface area (Å²) in [6.45, 7) is 7.92. The Morgan fingerprint density at radius 1 is 1.25 bits per heavy atom. The van der Waals surface area contributed by atoms with Gasteiger partial charge in [-0.25, -0.2) is 0 Å². The average molecular weight is 222 g/mol. The molecule has 0 spiro atoms. The largest absolute Gasteiger partial charge is 0.364 e. The first-order valence-electron chi connectivity index (χ1n) is 5.32. The van der Waals surface area contributed by atoms with Crippen LogP contribution in [0.5, 0.6) is 0 Å². The number of carbonyl (C=O) groups excluding carboxylic acids is 1. The highest BCUT2D eigenvalue weighted by molar-refractivity contribution is 5.89. The van der Waals surface area contributed by atoms with Crippen LogP contribution in [0, 0.1) is 0 Å². The predicted octanol–water partition coefficient (Wildman–Crippen LogP) is 2.04. The molecule has 1 aromatic heterocycles. The van der Waals surface area contributed by atoms with Crippen molar-refractivity contribution in [2.75, 3.05) is 10.6 Å². The molecule has 0 aliphatic heterocycles. The normalized spacial score (nSPS) is 11.0. The fraction of sp³-hybridized carbons (Fsp3) is 0.545. The lowest BCUT2D eigenvalue weighted by Gasteiger charge is -2.20. The van der Waals surface area contributed by atoms with E-state index in [2.05, 4.69) is 20.8 Å². The Hall–Kier alpha value is -1.65. The van der Waals surface area contributed by atoms with Gasteiger partial charge in [0.2, 0.25) is 5.91 Å². The van der Waals surface area contributed by atoms with Crippen molar-refractivity contribution in [3.05, 3.63) is 12.1 Å². The van der Waals surface area contributed by atoms with Gasteiger partial charge in [-0.1, -0.05) is 6.92 Å². The topological polar surface area (TPSA) is 66.9 Å². The molecular weight excluding hydrogens is 204 g/mol. The van der Waals surface area contributed by atoms with Crippen molar-refractivity contribution in [1.29, 1.82) is 0 Å². The van der Waals surface area contributed by atoms with Crippen LogP contribution in [-0.2, 0) is 4.79 Å². The molecule has 0 atom stereocenters. The summed E-state index contributed by atoms with van der Waals surface area (Å²) in [7, 11) is 0. The van der Waals surface area contributed by atoms with Crippen LogP contribution in [0.15, 0.2) is 12.1 Å². The van der Waals surface area contributed by atoms with E-state index in [1.165, 1.54) is 0 Å². The summed E-state index contributed by atoms with van der Waals surface area (Å²) in [6, 6.07) is 3.53. The van der Waals surface area contributed by atoms with E-state index in [0.29, 0.717) is 18.1 Å². The van der Waals surface area contributed by atoms with Gasteiger partial charge in [-0.3, -0.25) is 4.79 Å². The van der Waals surface area contributed by atoms with Gasteiger partial charge in [0.05, 0.1) is 0 Å². The second-order valence-corrected chi connectivity index (χ2v) is 4.58. The molecule has 0 aromatic carbocycles. The summed E-state index contributed by atoms with van der Waals surface area (Å²) in [5.41, 5.74) is -0.0527. The van der Waals surface area contributed by atoms with Gasteiger partial charge in [0, 0.05) is 12.0 Å². The molecule has 0 radical (unpaired) electrons. The summed E-state index contributed by atoms with van der Waals surface area (Å²) in [5.74, 6) is 1.11. The Morgan fingerprint density at radius 3 is 2.25 bits per heavy atom. The van der Waals surface area contributed by atoms with Crippen LogP contribution in [0.4, 0.5) is 11.6 Å². The molecule has 0 saturated heterocycles. The van der Waals surface area contributed by atoms with Gasteiger partial charge < -0.3 is 10.6 Å². The number of amides is 1. The van der Waals surface area contributed by atoms with E-state index in [0.717, 1.165) is 0 Å². The number of carbonyl (C=O) groups is 1. The zero-order chi connectivity index (χ0) is 12.2. The first kappa shape index (κ1) is 12.4. The molecule has 0 bridgehead atoms. The monoisotopic (exact) mass is 222 g/mol. The van der Waals surface area contributed by atoms with Crippen LogP contribution >= 0.6 is 0 Å². The second-order valence-electron chi connectivity index (χ2n) is 4.58. The van der Waals surface area contributed by atoms with E-state index >= 15 is 0 Å². The highest BCUT2D eigenvalue weighted by atomic mass is 16.1. The fourth-order valence-electron chi connectivity index (χ4n) is 1.08. The average Bonchev–Trinajstić information content (AvgIpc) is 2.18. The number of hydrogen-bond acceptors (Lipinski definition) is 4. The smallest absolute Gasteiger partial charge is 0.225 e. The van der Waals surface area contributed by atoms with Crippen LogP contribution in [0.3, 0.4) is 0 Å². The van der Waals surface area contributed by atoms with Crippen molar-refractivity contribution in [3.8, 4) is 0 Å². The minimum absolute atomic E-state index is 0.0527. The van der Waals surface area contributed by atoms with Crippen molar-refractivity contribution in [1.82, 2.24) is 10.2 Å². The Labute approximate surface area is 95.7 Å². The number of nitrogens with one attached hydrogen (secondary N) is 2. The summed E-state index contributed by atoms with van der Waals surface area (Å²) >= 11 is 0. The van der Waals surface area contributed by atoms with E-state index in [9.17, 15) is 4.79 Å². The van der Waals surface area contributed by atoms with E-state index in [-0.39, 0.29) is 11.4 Å². The molecule has 0 aliphatic rings. The number of aromatic nitrogens is 2. The lowest BCUT2D eigenvalue weighted by Crippen LogP contribution is -2.26. The lowest BCUT2D eigenvalue weighted by atomic mass is 10.1. The van der Waals surface area contributed by atoms with E-state index < -0.39 is 0 Å². The standard InChI is InChI=1S/C11H18N4O/c1-5-10(16)12-8-6-7-9(15-14-8)13-11(2,3)4/h6-7H,5H2,1-4H3,(H,13,15)(H,12,14,16). The Balaban J connectivity index is 2.64. The zero-order valence-electron chi connectivity index (χ0n) is 10.2.